The molecule has 8 heteroatoms. The number of sulfonamides is 1. The van der Waals surface area contributed by atoms with E-state index in [0.29, 0.717) is 4.88 Å². The highest BCUT2D eigenvalue weighted by atomic mass is 35.5. The third-order valence-corrected chi connectivity index (χ3v) is 5.03. The van der Waals surface area contributed by atoms with Crippen LogP contribution in [0.1, 0.15) is 4.88 Å². The van der Waals surface area contributed by atoms with Gasteiger partial charge in [-0.05, 0) is 29.6 Å². The highest BCUT2D eigenvalue weighted by molar-refractivity contribution is 7.93. The van der Waals surface area contributed by atoms with Crippen LogP contribution in [0.5, 0.6) is 0 Å². The molecule has 4 nitrogen and oxygen atoms in total. The summed E-state index contributed by atoms with van der Waals surface area (Å²) in [6.07, 6.45) is 0. The van der Waals surface area contributed by atoms with Gasteiger partial charge in [-0.15, -0.1) is 11.3 Å². The minimum Gasteiger partial charge on any atom is -0.391 e. The number of halogens is 2. The summed E-state index contributed by atoms with van der Waals surface area (Å²) >= 11 is 6.70. The molecule has 0 unspecified atom stereocenters. The SMILES string of the molecule is O=S(=O)(Nc1ccc(Cl)cc1F)c1ccsc1CO. The Balaban J connectivity index is 2.37. The van der Waals surface area contributed by atoms with Crippen LogP contribution < -0.4 is 4.72 Å². The monoisotopic (exact) mass is 321 g/mol. The lowest BCUT2D eigenvalue weighted by molar-refractivity contribution is 0.282. The van der Waals surface area contributed by atoms with Gasteiger partial charge in [0.15, 0.2) is 0 Å². The number of hydrogen-bond donors (Lipinski definition) is 2. The van der Waals surface area contributed by atoms with Crippen molar-refractivity contribution in [3.8, 4) is 0 Å². The Hall–Kier alpha value is -1.15. The van der Waals surface area contributed by atoms with Gasteiger partial charge in [0.1, 0.15) is 10.7 Å². The van der Waals surface area contributed by atoms with E-state index in [4.69, 9.17) is 16.7 Å². The van der Waals surface area contributed by atoms with Gasteiger partial charge in [0.2, 0.25) is 0 Å². The maximum Gasteiger partial charge on any atom is 0.263 e. The number of thiophene rings is 1. The molecule has 0 saturated carbocycles. The summed E-state index contributed by atoms with van der Waals surface area (Å²) in [6, 6.07) is 4.98. The van der Waals surface area contributed by atoms with E-state index in [2.05, 4.69) is 4.72 Å². The largest absolute Gasteiger partial charge is 0.391 e. The van der Waals surface area contributed by atoms with Crippen LogP contribution in [0.2, 0.25) is 5.02 Å². The highest BCUT2D eigenvalue weighted by Gasteiger charge is 2.20. The molecule has 0 saturated heterocycles. The number of hydrogen-bond acceptors (Lipinski definition) is 4. The fraction of sp³-hybridized carbons (Fsp3) is 0.0909. The van der Waals surface area contributed by atoms with Gasteiger partial charge in [0.05, 0.1) is 17.2 Å². The molecule has 0 bridgehead atoms. The Morgan fingerprint density at radius 2 is 2.11 bits per heavy atom. The van der Waals surface area contributed by atoms with Crippen LogP contribution in [-0.2, 0) is 16.6 Å². The van der Waals surface area contributed by atoms with Crippen LogP contribution in [0.25, 0.3) is 0 Å². The molecule has 2 N–H and O–H groups in total. The molecule has 102 valence electrons. The first kappa shape index (κ1) is 14.3. The van der Waals surface area contributed by atoms with Crippen LogP contribution in [-0.4, -0.2) is 13.5 Å². The predicted molar refractivity (Wildman–Crippen MR) is 72.5 cm³/mol. The van der Waals surface area contributed by atoms with E-state index in [1.807, 2.05) is 0 Å². The summed E-state index contributed by atoms with van der Waals surface area (Å²) in [4.78, 5) is 0.233. The van der Waals surface area contributed by atoms with Crippen molar-refractivity contribution in [3.05, 3.63) is 45.4 Å². The second kappa shape index (κ2) is 5.46. The molecule has 1 aromatic carbocycles. The van der Waals surface area contributed by atoms with Crippen molar-refractivity contribution < 1.29 is 17.9 Å². The first-order chi connectivity index (χ1) is 8.94. The van der Waals surface area contributed by atoms with Crippen molar-refractivity contribution in [2.45, 2.75) is 11.5 Å². The predicted octanol–water partition coefficient (Wildman–Crippen LogP) is 2.83. The van der Waals surface area contributed by atoms with Crippen molar-refractivity contribution in [1.29, 1.82) is 0 Å². The molecule has 1 heterocycles. The molecule has 2 rings (SSSR count). The van der Waals surface area contributed by atoms with Crippen LogP contribution in [0.3, 0.4) is 0 Å². The quantitative estimate of drug-likeness (QED) is 0.910. The van der Waals surface area contributed by atoms with E-state index in [1.54, 1.807) is 5.38 Å². The normalized spacial score (nSPS) is 11.5. The van der Waals surface area contributed by atoms with Crippen LogP contribution >= 0.6 is 22.9 Å². The topological polar surface area (TPSA) is 66.4 Å². The van der Waals surface area contributed by atoms with Gasteiger partial charge >= 0.3 is 0 Å². The fourth-order valence-electron chi connectivity index (χ4n) is 1.46. The van der Waals surface area contributed by atoms with Gasteiger partial charge in [-0.3, -0.25) is 4.72 Å². The minimum absolute atomic E-state index is 0.0608. The third kappa shape index (κ3) is 3.06. The van der Waals surface area contributed by atoms with Gasteiger partial charge in [0.25, 0.3) is 10.0 Å². The lowest BCUT2D eigenvalue weighted by Gasteiger charge is -2.09. The number of rotatable bonds is 4. The summed E-state index contributed by atoms with van der Waals surface area (Å²) in [5, 5.41) is 10.8. The number of aliphatic hydroxyl groups excluding tert-OH is 1. The van der Waals surface area contributed by atoms with Gasteiger partial charge < -0.3 is 5.11 Å². The molecule has 2 aromatic rings. The van der Waals surface area contributed by atoms with E-state index in [1.165, 1.54) is 18.2 Å². The van der Waals surface area contributed by atoms with E-state index < -0.39 is 22.4 Å². The number of nitrogens with one attached hydrogen (secondary N) is 1. The zero-order chi connectivity index (χ0) is 14.0. The summed E-state index contributed by atoms with van der Waals surface area (Å²) in [5.74, 6) is -0.767. The first-order valence-electron chi connectivity index (χ1n) is 5.09. The summed E-state index contributed by atoms with van der Waals surface area (Å²) in [5.41, 5.74) is -0.195. The Morgan fingerprint density at radius 1 is 1.37 bits per heavy atom. The lowest BCUT2D eigenvalue weighted by Crippen LogP contribution is -2.14. The fourth-order valence-corrected chi connectivity index (χ4v) is 3.98. The summed E-state index contributed by atoms with van der Waals surface area (Å²) < 4.78 is 39.8. The van der Waals surface area contributed by atoms with Gasteiger partial charge in [-0.1, -0.05) is 11.6 Å². The average Bonchev–Trinajstić information content (AvgIpc) is 2.82. The van der Waals surface area contributed by atoms with E-state index in [0.717, 1.165) is 17.4 Å². The molecular formula is C11H9ClFNO3S2. The van der Waals surface area contributed by atoms with E-state index in [9.17, 15) is 12.8 Å². The highest BCUT2D eigenvalue weighted by Crippen LogP contribution is 2.26. The van der Waals surface area contributed by atoms with Crippen molar-refractivity contribution in [3.63, 3.8) is 0 Å². The smallest absolute Gasteiger partial charge is 0.263 e. The zero-order valence-electron chi connectivity index (χ0n) is 9.43. The van der Waals surface area contributed by atoms with Crippen molar-refractivity contribution in [2.75, 3.05) is 4.72 Å². The van der Waals surface area contributed by atoms with Crippen LogP contribution in [0.4, 0.5) is 10.1 Å². The standard InChI is InChI=1S/C11H9ClFNO3S2/c12-7-1-2-9(8(13)5-7)14-19(16,17)11-3-4-18-10(11)6-15/h1-5,14-15H,6H2. The lowest BCUT2D eigenvalue weighted by atomic mass is 10.3. The number of benzene rings is 1. The summed E-state index contributed by atoms with van der Waals surface area (Å²) in [6.45, 7) is -0.392. The van der Waals surface area contributed by atoms with Crippen LogP contribution in [0, 0.1) is 5.82 Å². The Morgan fingerprint density at radius 3 is 2.74 bits per heavy atom. The molecule has 19 heavy (non-hydrogen) atoms. The van der Waals surface area contributed by atoms with Crippen molar-refractivity contribution in [2.24, 2.45) is 0 Å². The Labute approximate surface area is 118 Å². The molecule has 0 radical (unpaired) electrons. The molecule has 0 fully saturated rings. The molecule has 0 atom stereocenters. The first-order valence-corrected chi connectivity index (χ1v) is 7.83. The second-order valence-corrected chi connectivity index (χ2v) is 6.68. The number of anilines is 1. The van der Waals surface area contributed by atoms with Crippen molar-refractivity contribution in [1.82, 2.24) is 0 Å². The number of aliphatic hydroxyl groups is 1. The molecule has 0 aliphatic heterocycles. The summed E-state index contributed by atoms with van der Waals surface area (Å²) in [7, 11) is -3.93. The van der Waals surface area contributed by atoms with E-state index >= 15 is 0 Å². The second-order valence-electron chi connectivity index (χ2n) is 3.60. The third-order valence-electron chi connectivity index (χ3n) is 2.31. The molecule has 0 aliphatic carbocycles. The van der Waals surface area contributed by atoms with Gasteiger partial charge in [-0.2, -0.15) is 0 Å². The zero-order valence-corrected chi connectivity index (χ0v) is 11.8. The molecule has 0 amide bonds. The van der Waals surface area contributed by atoms with Crippen molar-refractivity contribution >= 4 is 38.6 Å². The molecule has 0 aliphatic rings. The molecule has 0 spiro atoms. The van der Waals surface area contributed by atoms with Gasteiger partial charge in [-0.25, -0.2) is 12.8 Å². The molecular weight excluding hydrogens is 313 g/mol. The maximum absolute atomic E-state index is 13.5. The average molecular weight is 322 g/mol. The minimum atomic E-state index is -3.93. The Bertz CT molecular complexity index is 700. The Kier molecular flexibility index (Phi) is 4.10. The van der Waals surface area contributed by atoms with Gasteiger partial charge in [0, 0.05) is 5.02 Å². The maximum atomic E-state index is 13.5. The van der Waals surface area contributed by atoms with Crippen LogP contribution in [0.15, 0.2) is 34.5 Å². The van der Waals surface area contributed by atoms with E-state index in [-0.39, 0.29) is 15.6 Å². The molecule has 1 aromatic heterocycles.